The number of piperidine rings is 1. The molecule has 2 aromatic heterocycles. The van der Waals surface area contributed by atoms with Crippen LogP contribution in [0.25, 0.3) is 21.3 Å². The summed E-state index contributed by atoms with van der Waals surface area (Å²) in [5, 5.41) is 13.2. The van der Waals surface area contributed by atoms with Gasteiger partial charge < -0.3 is 14.7 Å². The van der Waals surface area contributed by atoms with Crippen molar-refractivity contribution in [3.63, 3.8) is 0 Å². The lowest BCUT2D eigenvalue weighted by atomic mass is 9.93. The summed E-state index contributed by atoms with van der Waals surface area (Å²) < 4.78 is 19.1. The van der Waals surface area contributed by atoms with E-state index in [1.807, 2.05) is 30.3 Å². The van der Waals surface area contributed by atoms with Gasteiger partial charge in [-0.1, -0.05) is 41.7 Å². The first-order chi connectivity index (χ1) is 14.0. The van der Waals surface area contributed by atoms with Crippen molar-refractivity contribution in [1.82, 2.24) is 14.9 Å². The molecule has 152 valence electrons. The van der Waals surface area contributed by atoms with Crippen molar-refractivity contribution >= 4 is 32.7 Å². The van der Waals surface area contributed by atoms with Crippen LogP contribution in [0.15, 0.2) is 36.5 Å². The SMILES string of the molecule is COc1ncc(-c2ccccc2)c2sc(NC(=O)N3CCC(O)(CF)CC3)nc12. The average Bonchev–Trinajstić information content (AvgIpc) is 3.17. The Morgan fingerprint density at radius 2 is 2.07 bits per heavy atom. The van der Waals surface area contributed by atoms with Crippen LogP contribution in [0.4, 0.5) is 14.3 Å². The van der Waals surface area contributed by atoms with Crippen LogP contribution in [0.2, 0.25) is 0 Å². The maximum Gasteiger partial charge on any atom is 0.323 e. The highest BCUT2D eigenvalue weighted by Gasteiger charge is 2.34. The molecule has 0 spiro atoms. The molecule has 29 heavy (non-hydrogen) atoms. The predicted molar refractivity (Wildman–Crippen MR) is 110 cm³/mol. The van der Waals surface area contributed by atoms with Crippen LogP contribution in [-0.4, -0.2) is 58.5 Å². The molecule has 0 bridgehead atoms. The quantitative estimate of drug-likeness (QED) is 0.677. The van der Waals surface area contributed by atoms with Gasteiger partial charge in [-0.2, -0.15) is 0 Å². The maximum atomic E-state index is 12.9. The molecule has 0 radical (unpaired) electrons. The monoisotopic (exact) mass is 416 g/mol. The van der Waals surface area contributed by atoms with Crippen LogP contribution < -0.4 is 10.1 Å². The largest absolute Gasteiger partial charge is 0.479 e. The molecule has 4 rings (SSSR count). The summed E-state index contributed by atoms with van der Waals surface area (Å²) in [7, 11) is 1.53. The number of fused-ring (bicyclic) bond motifs is 1. The van der Waals surface area contributed by atoms with E-state index in [4.69, 9.17) is 4.74 Å². The van der Waals surface area contributed by atoms with E-state index < -0.39 is 12.3 Å². The average molecular weight is 416 g/mol. The Bertz CT molecular complexity index is 1020. The van der Waals surface area contributed by atoms with Gasteiger partial charge in [-0.15, -0.1) is 0 Å². The van der Waals surface area contributed by atoms with Crippen molar-refractivity contribution in [1.29, 1.82) is 0 Å². The van der Waals surface area contributed by atoms with Crippen LogP contribution in [0.1, 0.15) is 12.8 Å². The van der Waals surface area contributed by atoms with E-state index in [-0.39, 0.29) is 32.0 Å². The van der Waals surface area contributed by atoms with Crippen molar-refractivity contribution in [3.05, 3.63) is 36.5 Å². The molecule has 9 heteroatoms. The fourth-order valence-corrected chi connectivity index (χ4v) is 4.33. The molecule has 0 aliphatic carbocycles. The number of hydrogen-bond donors (Lipinski definition) is 2. The molecule has 1 aliphatic rings. The molecule has 1 fully saturated rings. The molecule has 7 nitrogen and oxygen atoms in total. The van der Waals surface area contributed by atoms with Gasteiger partial charge in [0.25, 0.3) is 0 Å². The maximum absolute atomic E-state index is 12.9. The molecular weight excluding hydrogens is 395 g/mol. The Hall–Kier alpha value is -2.78. The lowest BCUT2D eigenvalue weighted by Gasteiger charge is -2.36. The van der Waals surface area contributed by atoms with E-state index in [0.717, 1.165) is 15.8 Å². The highest BCUT2D eigenvalue weighted by atomic mass is 32.1. The number of ether oxygens (including phenoxy) is 1. The van der Waals surface area contributed by atoms with Gasteiger partial charge >= 0.3 is 6.03 Å². The van der Waals surface area contributed by atoms with E-state index in [2.05, 4.69) is 15.3 Å². The number of urea groups is 1. The van der Waals surface area contributed by atoms with Gasteiger partial charge in [-0.3, -0.25) is 5.32 Å². The summed E-state index contributed by atoms with van der Waals surface area (Å²) in [6.07, 6.45) is 2.17. The summed E-state index contributed by atoms with van der Waals surface area (Å²) in [6.45, 7) is -0.218. The standard InChI is InChI=1S/C20H21FN4O3S/c1-28-17-15-16(14(11-22-17)13-5-3-2-4-6-13)29-18(23-15)24-19(26)25-9-7-20(27,12-21)8-10-25/h2-6,11,27H,7-10,12H2,1H3,(H,23,24,26). The molecule has 0 saturated carbocycles. The number of alkyl halides is 1. The number of anilines is 1. The highest BCUT2D eigenvalue weighted by Crippen LogP contribution is 2.38. The first kappa shape index (κ1) is 19.5. The zero-order valence-corrected chi connectivity index (χ0v) is 16.7. The number of halogens is 1. The smallest absolute Gasteiger partial charge is 0.323 e. The first-order valence-electron chi connectivity index (χ1n) is 9.26. The van der Waals surface area contributed by atoms with E-state index in [1.54, 1.807) is 11.1 Å². The van der Waals surface area contributed by atoms with Crippen molar-refractivity contribution in [2.24, 2.45) is 0 Å². The third kappa shape index (κ3) is 3.88. The van der Waals surface area contributed by atoms with Gasteiger partial charge in [-0.25, -0.2) is 19.2 Å². The second kappa shape index (κ2) is 7.92. The molecule has 0 atom stereocenters. The number of rotatable bonds is 4. The number of amides is 2. The van der Waals surface area contributed by atoms with E-state index in [1.165, 1.54) is 18.4 Å². The third-order valence-corrected chi connectivity index (χ3v) is 6.11. The van der Waals surface area contributed by atoms with Crippen LogP contribution in [-0.2, 0) is 0 Å². The number of methoxy groups -OCH3 is 1. The summed E-state index contributed by atoms with van der Waals surface area (Å²) in [6, 6.07) is 9.49. The lowest BCUT2D eigenvalue weighted by molar-refractivity contribution is -0.0293. The minimum absolute atomic E-state index is 0.215. The summed E-state index contributed by atoms with van der Waals surface area (Å²) >= 11 is 1.35. The summed E-state index contributed by atoms with van der Waals surface area (Å²) in [4.78, 5) is 23.0. The van der Waals surface area contributed by atoms with Crippen molar-refractivity contribution in [2.75, 3.05) is 32.2 Å². The number of hydrogen-bond acceptors (Lipinski definition) is 6. The lowest BCUT2D eigenvalue weighted by Crippen LogP contribution is -2.49. The van der Waals surface area contributed by atoms with E-state index in [9.17, 15) is 14.3 Å². The Morgan fingerprint density at radius 1 is 1.34 bits per heavy atom. The number of benzene rings is 1. The number of thiazole rings is 1. The topological polar surface area (TPSA) is 87.6 Å². The van der Waals surface area contributed by atoms with E-state index in [0.29, 0.717) is 16.5 Å². The van der Waals surface area contributed by atoms with Crippen molar-refractivity contribution in [2.45, 2.75) is 18.4 Å². The Kier molecular flexibility index (Phi) is 5.33. The third-order valence-electron chi connectivity index (χ3n) is 5.11. The first-order valence-corrected chi connectivity index (χ1v) is 10.1. The Labute approximate surface area is 171 Å². The normalized spacial score (nSPS) is 16.0. The summed E-state index contributed by atoms with van der Waals surface area (Å²) in [5.74, 6) is 0.391. The van der Waals surface area contributed by atoms with Gasteiger partial charge in [0, 0.05) is 24.8 Å². The van der Waals surface area contributed by atoms with Gasteiger partial charge in [0.1, 0.15) is 12.2 Å². The highest BCUT2D eigenvalue weighted by molar-refractivity contribution is 7.23. The van der Waals surface area contributed by atoms with Crippen LogP contribution >= 0.6 is 11.3 Å². The van der Waals surface area contributed by atoms with Gasteiger partial charge in [-0.05, 0) is 18.4 Å². The fourth-order valence-electron chi connectivity index (χ4n) is 3.35. The Morgan fingerprint density at radius 3 is 2.72 bits per heavy atom. The second-order valence-corrected chi connectivity index (χ2v) is 8.02. The number of likely N-dealkylation sites (tertiary alicyclic amines) is 1. The zero-order chi connectivity index (χ0) is 20.4. The van der Waals surface area contributed by atoms with E-state index >= 15 is 0 Å². The number of carbonyl (C=O) groups excluding carboxylic acids is 1. The number of aliphatic hydroxyl groups is 1. The molecule has 0 unspecified atom stereocenters. The van der Waals surface area contributed by atoms with Crippen LogP contribution in [0, 0.1) is 0 Å². The molecule has 2 amide bonds. The van der Waals surface area contributed by atoms with Crippen LogP contribution in [0.3, 0.4) is 0 Å². The minimum Gasteiger partial charge on any atom is -0.479 e. The number of nitrogens with zero attached hydrogens (tertiary/aromatic N) is 3. The van der Waals surface area contributed by atoms with Gasteiger partial charge in [0.05, 0.1) is 17.4 Å². The van der Waals surface area contributed by atoms with Crippen molar-refractivity contribution in [3.8, 4) is 17.0 Å². The Balaban J connectivity index is 1.59. The molecule has 1 saturated heterocycles. The molecule has 1 aliphatic heterocycles. The zero-order valence-electron chi connectivity index (χ0n) is 15.9. The van der Waals surface area contributed by atoms with Crippen LogP contribution in [0.5, 0.6) is 5.88 Å². The number of pyridine rings is 1. The van der Waals surface area contributed by atoms with Gasteiger partial charge in [0.2, 0.25) is 5.88 Å². The molecular formula is C20H21FN4O3S. The predicted octanol–water partition coefficient (Wildman–Crippen LogP) is 3.70. The molecule has 3 aromatic rings. The van der Waals surface area contributed by atoms with Gasteiger partial charge in [0.15, 0.2) is 5.13 Å². The number of aromatic nitrogens is 2. The number of carbonyl (C=O) groups is 1. The second-order valence-electron chi connectivity index (χ2n) is 7.02. The molecule has 3 heterocycles. The number of nitrogens with one attached hydrogen (secondary N) is 1. The molecule has 2 N–H and O–H groups in total. The summed E-state index contributed by atoms with van der Waals surface area (Å²) in [5.41, 5.74) is 1.16. The fraction of sp³-hybridized carbons (Fsp3) is 0.350. The molecule has 1 aromatic carbocycles. The van der Waals surface area contributed by atoms with Crippen molar-refractivity contribution < 1.29 is 19.0 Å². The minimum atomic E-state index is -1.32.